The maximum absolute atomic E-state index is 5.99. The van der Waals surface area contributed by atoms with Crippen LogP contribution in [0.4, 0.5) is 0 Å². The Morgan fingerprint density at radius 2 is 1.81 bits per heavy atom. The number of thiophene rings is 1. The average molecular weight is 317 g/mol. The molecule has 108 valence electrons. The van der Waals surface area contributed by atoms with E-state index < -0.39 is 0 Å². The molecule has 1 aromatic heterocycles. The zero-order valence-corrected chi connectivity index (χ0v) is 13.1. The van der Waals surface area contributed by atoms with Gasteiger partial charge >= 0.3 is 0 Å². The molecule has 4 heteroatoms. The summed E-state index contributed by atoms with van der Waals surface area (Å²) >= 11 is 7.61. The number of hydrogen-bond donors (Lipinski definition) is 2. The number of benzene rings is 2. The lowest BCUT2D eigenvalue weighted by atomic mass is 9.97. The second kappa shape index (κ2) is 6.58. The van der Waals surface area contributed by atoms with Crippen molar-refractivity contribution in [3.8, 4) is 0 Å². The summed E-state index contributed by atoms with van der Waals surface area (Å²) in [6.07, 6.45) is 1.78. The normalized spacial score (nSPS) is 12.7. The minimum atomic E-state index is 0.200. The van der Waals surface area contributed by atoms with Crippen molar-refractivity contribution >= 4 is 33.7 Å². The number of rotatable bonds is 5. The van der Waals surface area contributed by atoms with Crippen molar-refractivity contribution in [3.05, 3.63) is 69.4 Å². The molecular weight excluding hydrogens is 300 g/mol. The lowest BCUT2D eigenvalue weighted by molar-refractivity contribution is 0.527. The second-order valence-electron chi connectivity index (χ2n) is 5.12. The van der Waals surface area contributed by atoms with Crippen LogP contribution in [-0.2, 0) is 12.8 Å². The van der Waals surface area contributed by atoms with Crippen LogP contribution in [-0.4, -0.2) is 6.04 Å². The van der Waals surface area contributed by atoms with Gasteiger partial charge in [0.15, 0.2) is 0 Å². The molecule has 0 amide bonds. The predicted octanol–water partition coefficient (Wildman–Crippen LogP) is 4.17. The minimum absolute atomic E-state index is 0.200. The van der Waals surface area contributed by atoms with Crippen LogP contribution in [0.1, 0.15) is 10.4 Å². The lowest BCUT2D eigenvalue weighted by Crippen LogP contribution is -2.38. The molecular formula is C17H17ClN2S. The van der Waals surface area contributed by atoms with Crippen LogP contribution in [0.25, 0.3) is 10.8 Å². The zero-order valence-electron chi connectivity index (χ0n) is 11.6. The molecule has 0 aliphatic rings. The van der Waals surface area contributed by atoms with E-state index in [4.69, 9.17) is 17.4 Å². The van der Waals surface area contributed by atoms with Crippen LogP contribution >= 0.6 is 22.9 Å². The Labute approximate surface area is 133 Å². The van der Waals surface area contributed by atoms with Gasteiger partial charge in [0.25, 0.3) is 0 Å². The van der Waals surface area contributed by atoms with Crippen LogP contribution in [0.3, 0.4) is 0 Å². The van der Waals surface area contributed by atoms with Gasteiger partial charge in [-0.3, -0.25) is 11.3 Å². The van der Waals surface area contributed by atoms with E-state index in [0.717, 1.165) is 17.2 Å². The summed E-state index contributed by atoms with van der Waals surface area (Å²) in [5.41, 5.74) is 4.25. The predicted molar refractivity (Wildman–Crippen MR) is 91.8 cm³/mol. The van der Waals surface area contributed by atoms with Gasteiger partial charge in [-0.1, -0.05) is 54.1 Å². The van der Waals surface area contributed by atoms with Crippen LogP contribution in [0.2, 0.25) is 4.34 Å². The molecule has 21 heavy (non-hydrogen) atoms. The Balaban J connectivity index is 1.82. The molecule has 3 N–H and O–H groups in total. The molecule has 1 heterocycles. The fourth-order valence-corrected chi connectivity index (χ4v) is 3.80. The van der Waals surface area contributed by atoms with E-state index in [1.165, 1.54) is 21.2 Å². The molecule has 1 atom stereocenters. The number of hydrogen-bond acceptors (Lipinski definition) is 3. The van der Waals surface area contributed by atoms with E-state index in [0.29, 0.717) is 0 Å². The highest BCUT2D eigenvalue weighted by Gasteiger charge is 2.12. The summed E-state index contributed by atoms with van der Waals surface area (Å²) in [6.45, 7) is 0. The van der Waals surface area contributed by atoms with Crippen molar-refractivity contribution in [2.24, 2.45) is 5.84 Å². The van der Waals surface area contributed by atoms with Crippen molar-refractivity contribution in [2.45, 2.75) is 18.9 Å². The Kier molecular flexibility index (Phi) is 4.56. The number of hydrazine groups is 1. The maximum atomic E-state index is 5.99. The van der Waals surface area contributed by atoms with E-state index in [1.54, 1.807) is 11.3 Å². The van der Waals surface area contributed by atoms with E-state index in [9.17, 15) is 0 Å². The average Bonchev–Trinajstić information content (AvgIpc) is 2.92. The summed E-state index contributed by atoms with van der Waals surface area (Å²) in [5.74, 6) is 5.74. The molecule has 0 saturated carbocycles. The first-order valence-electron chi connectivity index (χ1n) is 6.93. The lowest BCUT2D eigenvalue weighted by Gasteiger charge is -2.16. The molecule has 1 unspecified atom stereocenters. The molecule has 0 aliphatic heterocycles. The highest BCUT2D eigenvalue weighted by Crippen LogP contribution is 2.24. The van der Waals surface area contributed by atoms with Gasteiger partial charge in [-0.2, -0.15) is 0 Å². The SMILES string of the molecule is NNC(Cc1ccc(Cl)s1)Cc1cccc2ccccc12. The van der Waals surface area contributed by atoms with Gasteiger partial charge < -0.3 is 0 Å². The monoisotopic (exact) mass is 316 g/mol. The van der Waals surface area contributed by atoms with Gasteiger partial charge in [-0.15, -0.1) is 11.3 Å². The number of nitrogens with two attached hydrogens (primary N) is 1. The molecule has 2 nitrogen and oxygen atoms in total. The number of fused-ring (bicyclic) bond motifs is 1. The molecule has 0 saturated heterocycles. The first-order valence-corrected chi connectivity index (χ1v) is 8.12. The molecule has 3 aromatic rings. The van der Waals surface area contributed by atoms with Crippen molar-refractivity contribution in [1.82, 2.24) is 5.43 Å². The fourth-order valence-electron chi connectivity index (χ4n) is 2.63. The minimum Gasteiger partial charge on any atom is -0.271 e. The largest absolute Gasteiger partial charge is 0.271 e. The quantitative estimate of drug-likeness (QED) is 0.547. The number of nitrogens with one attached hydrogen (secondary N) is 1. The molecule has 0 bridgehead atoms. The van der Waals surface area contributed by atoms with Crippen molar-refractivity contribution in [3.63, 3.8) is 0 Å². The van der Waals surface area contributed by atoms with E-state index in [2.05, 4.69) is 54.0 Å². The van der Waals surface area contributed by atoms with Gasteiger partial charge in [0.1, 0.15) is 0 Å². The molecule has 0 fully saturated rings. The van der Waals surface area contributed by atoms with Crippen LogP contribution in [0, 0.1) is 0 Å². The molecule has 3 rings (SSSR count). The summed E-state index contributed by atoms with van der Waals surface area (Å²) in [7, 11) is 0. The molecule has 2 aromatic carbocycles. The fraction of sp³-hybridized carbons (Fsp3) is 0.176. The Bertz CT molecular complexity index is 733. The Morgan fingerprint density at radius 1 is 1.00 bits per heavy atom. The van der Waals surface area contributed by atoms with E-state index >= 15 is 0 Å². The Hall–Kier alpha value is -1.39. The molecule has 0 radical (unpaired) electrons. The van der Waals surface area contributed by atoms with Crippen LogP contribution in [0.5, 0.6) is 0 Å². The zero-order chi connectivity index (χ0) is 14.7. The summed E-state index contributed by atoms with van der Waals surface area (Å²) < 4.78 is 0.825. The molecule has 0 aliphatic carbocycles. The standard InChI is InChI=1S/C17H17ClN2S/c18-17-9-8-15(21-17)11-14(20-19)10-13-6-3-5-12-4-1-2-7-16(12)13/h1-9,14,20H,10-11,19H2. The van der Waals surface area contributed by atoms with E-state index in [-0.39, 0.29) is 6.04 Å². The van der Waals surface area contributed by atoms with Crippen molar-refractivity contribution in [1.29, 1.82) is 0 Å². The highest BCUT2D eigenvalue weighted by atomic mass is 35.5. The first-order chi connectivity index (χ1) is 10.3. The van der Waals surface area contributed by atoms with Gasteiger partial charge in [0, 0.05) is 10.9 Å². The van der Waals surface area contributed by atoms with Crippen molar-refractivity contribution in [2.75, 3.05) is 0 Å². The molecule has 0 spiro atoms. The third-order valence-corrected chi connectivity index (χ3v) is 4.91. The van der Waals surface area contributed by atoms with Crippen LogP contribution in [0.15, 0.2) is 54.6 Å². The van der Waals surface area contributed by atoms with Gasteiger partial charge in [0.05, 0.1) is 4.34 Å². The first kappa shape index (κ1) is 14.5. The number of halogens is 1. The van der Waals surface area contributed by atoms with Crippen LogP contribution < -0.4 is 11.3 Å². The van der Waals surface area contributed by atoms with E-state index in [1.807, 2.05) is 6.07 Å². The Morgan fingerprint density at radius 3 is 2.57 bits per heavy atom. The third-order valence-electron chi connectivity index (χ3n) is 3.66. The third kappa shape index (κ3) is 3.44. The van der Waals surface area contributed by atoms with Crippen molar-refractivity contribution < 1.29 is 0 Å². The maximum Gasteiger partial charge on any atom is 0.0931 e. The van der Waals surface area contributed by atoms with Gasteiger partial charge in [-0.25, -0.2) is 0 Å². The summed E-state index contributed by atoms with van der Waals surface area (Å²) in [5, 5.41) is 2.56. The second-order valence-corrected chi connectivity index (χ2v) is 6.92. The summed E-state index contributed by atoms with van der Waals surface area (Å²) in [6, 6.07) is 19.1. The topological polar surface area (TPSA) is 38.0 Å². The highest BCUT2D eigenvalue weighted by molar-refractivity contribution is 7.16. The summed E-state index contributed by atoms with van der Waals surface area (Å²) in [4.78, 5) is 1.25. The smallest absolute Gasteiger partial charge is 0.0931 e. The van der Waals surface area contributed by atoms with Gasteiger partial charge in [-0.05, 0) is 41.3 Å². The van der Waals surface area contributed by atoms with Gasteiger partial charge in [0.2, 0.25) is 0 Å².